The van der Waals surface area contributed by atoms with Crippen LogP contribution in [0.2, 0.25) is 0 Å². The first-order valence-electron chi connectivity index (χ1n) is 6.48. The summed E-state index contributed by atoms with van der Waals surface area (Å²) >= 11 is 0. The van der Waals surface area contributed by atoms with Crippen LogP contribution >= 0.6 is 0 Å². The molecule has 6 heteroatoms. The van der Waals surface area contributed by atoms with Crippen LogP contribution in [0.15, 0.2) is 18.2 Å². The van der Waals surface area contributed by atoms with Crippen LogP contribution in [0.4, 0.5) is 11.4 Å². The van der Waals surface area contributed by atoms with E-state index in [1.165, 1.54) is 0 Å². The molecule has 2 fully saturated rings. The van der Waals surface area contributed by atoms with E-state index >= 15 is 0 Å². The number of nitrogens with one attached hydrogen (secondary N) is 1. The van der Waals surface area contributed by atoms with Crippen molar-refractivity contribution in [3.8, 4) is 0 Å². The number of nitrogens with two attached hydrogens (primary N) is 1. The number of amides is 3. The van der Waals surface area contributed by atoms with E-state index in [1.807, 2.05) is 6.92 Å². The number of likely N-dealkylation sites (tertiary alicyclic amines) is 1. The van der Waals surface area contributed by atoms with Crippen LogP contribution in [-0.2, 0) is 14.4 Å². The first-order chi connectivity index (χ1) is 9.47. The van der Waals surface area contributed by atoms with Gasteiger partial charge in [0.15, 0.2) is 0 Å². The van der Waals surface area contributed by atoms with Crippen LogP contribution < -0.4 is 11.1 Å². The van der Waals surface area contributed by atoms with Gasteiger partial charge in [-0.25, -0.2) is 0 Å². The Morgan fingerprint density at radius 1 is 1.35 bits per heavy atom. The summed E-state index contributed by atoms with van der Waals surface area (Å²) in [6.07, 6.45) is 0.646. The first kappa shape index (κ1) is 12.7. The van der Waals surface area contributed by atoms with Gasteiger partial charge in [-0.3, -0.25) is 19.3 Å². The molecule has 0 radical (unpaired) electrons. The number of rotatable bonds is 3. The predicted octanol–water partition coefficient (Wildman–Crippen LogP) is 0.521. The summed E-state index contributed by atoms with van der Waals surface area (Å²) in [7, 11) is 0. The number of benzene rings is 1. The van der Waals surface area contributed by atoms with Crippen LogP contribution in [0.5, 0.6) is 0 Å². The molecule has 3 amide bonds. The number of hydrogen-bond acceptors (Lipinski definition) is 4. The van der Waals surface area contributed by atoms with Crippen molar-refractivity contribution in [3.63, 3.8) is 0 Å². The van der Waals surface area contributed by atoms with Gasteiger partial charge < -0.3 is 11.1 Å². The van der Waals surface area contributed by atoms with Crippen LogP contribution in [0, 0.1) is 18.8 Å². The Kier molecular flexibility index (Phi) is 2.74. The molecule has 3 N–H and O–H groups in total. The van der Waals surface area contributed by atoms with Gasteiger partial charge in [-0.1, -0.05) is 0 Å². The number of piperidine rings is 1. The summed E-state index contributed by atoms with van der Waals surface area (Å²) < 4.78 is 0. The molecule has 1 saturated carbocycles. The fourth-order valence-corrected chi connectivity index (χ4v) is 2.57. The fraction of sp³-hybridized carbons (Fsp3) is 0.357. The molecule has 3 rings (SSSR count). The molecule has 6 nitrogen and oxygen atoms in total. The molecule has 1 heterocycles. The van der Waals surface area contributed by atoms with Crippen LogP contribution in [0.25, 0.3) is 0 Å². The monoisotopic (exact) mass is 273 g/mol. The summed E-state index contributed by atoms with van der Waals surface area (Å²) in [4.78, 5) is 36.5. The van der Waals surface area contributed by atoms with Gasteiger partial charge >= 0.3 is 0 Å². The average Bonchev–Trinajstić information content (AvgIpc) is 3.13. The maximum absolute atomic E-state index is 11.9. The third-order valence-electron chi connectivity index (χ3n) is 3.78. The van der Waals surface area contributed by atoms with Gasteiger partial charge in [-0.2, -0.15) is 0 Å². The number of nitrogen functional groups attached to an aromatic ring is 1. The van der Waals surface area contributed by atoms with Crippen LogP contribution in [0.3, 0.4) is 0 Å². The van der Waals surface area contributed by atoms with Crippen molar-refractivity contribution in [2.45, 2.75) is 13.3 Å². The van der Waals surface area contributed by atoms with Crippen molar-refractivity contribution in [1.29, 1.82) is 0 Å². The van der Waals surface area contributed by atoms with E-state index in [2.05, 4.69) is 5.32 Å². The molecule has 1 saturated heterocycles. The van der Waals surface area contributed by atoms with Gasteiger partial charge in [0.2, 0.25) is 17.7 Å². The van der Waals surface area contributed by atoms with E-state index < -0.39 is 0 Å². The second kappa shape index (κ2) is 4.33. The Labute approximate surface area is 115 Å². The molecule has 1 aliphatic heterocycles. The maximum atomic E-state index is 11.9. The summed E-state index contributed by atoms with van der Waals surface area (Å²) in [5, 5.41) is 2.69. The lowest BCUT2D eigenvalue weighted by atomic mass is 10.2. The Morgan fingerprint density at radius 3 is 2.60 bits per heavy atom. The number of hydrogen-bond donors (Lipinski definition) is 2. The van der Waals surface area contributed by atoms with E-state index in [4.69, 9.17) is 5.73 Å². The number of nitrogens with zero attached hydrogens (tertiary/aromatic N) is 1. The number of aryl methyl sites for hydroxylation is 1. The minimum Gasteiger partial charge on any atom is -0.399 e. The topological polar surface area (TPSA) is 92.5 Å². The van der Waals surface area contributed by atoms with Crippen molar-refractivity contribution < 1.29 is 14.4 Å². The SMILES string of the molecule is Cc1cc(N)ccc1NC(=O)CN1C(=O)C2CC2C1=O. The first-order valence-corrected chi connectivity index (χ1v) is 6.48. The third-order valence-corrected chi connectivity index (χ3v) is 3.78. The minimum atomic E-state index is -0.374. The predicted molar refractivity (Wildman–Crippen MR) is 72.5 cm³/mol. The molecular weight excluding hydrogens is 258 g/mol. The number of anilines is 2. The highest BCUT2D eigenvalue weighted by Gasteiger charge is 2.59. The molecule has 0 aromatic heterocycles. The molecule has 2 atom stereocenters. The summed E-state index contributed by atoms with van der Waals surface area (Å²) in [5.41, 5.74) is 7.72. The molecule has 20 heavy (non-hydrogen) atoms. The number of carbonyl (C=O) groups is 3. The van der Waals surface area contributed by atoms with E-state index in [9.17, 15) is 14.4 Å². The lowest BCUT2D eigenvalue weighted by molar-refractivity contribution is -0.143. The van der Waals surface area contributed by atoms with E-state index in [0.29, 0.717) is 17.8 Å². The van der Waals surface area contributed by atoms with Crippen molar-refractivity contribution >= 4 is 29.1 Å². The molecule has 0 spiro atoms. The van der Waals surface area contributed by atoms with Gasteiger partial charge in [0.25, 0.3) is 0 Å². The lowest BCUT2D eigenvalue weighted by Crippen LogP contribution is -2.39. The van der Waals surface area contributed by atoms with Crippen molar-refractivity contribution in [2.75, 3.05) is 17.6 Å². The Morgan fingerprint density at radius 2 is 2.00 bits per heavy atom. The third kappa shape index (κ3) is 2.03. The molecular formula is C14H15N3O3. The van der Waals surface area contributed by atoms with E-state index in [1.54, 1.807) is 18.2 Å². The fourth-order valence-electron chi connectivity index (χ4n) is 2.57. The highest BCUT2D eigenvalue weighted by atomic mass is 16.2. The van der Waals surface area contributed by atoms with Crippen molar-refractivity contribution in [1.82, 2.24) is 4.90 Å². The normalized spacial score (nSPS) is 23.8. The quantitative estimate of drug-likeness (QED) is 0.620. The van der Waals surface area contributed by atoms with Crippen molar-refractivity contribution in [3.05, 3.63) is 23.8 Å². The zero-order valence-corrected chi connectivity index (χ0v) is 11.1. The molecule has 104 valence electrons. The largest absolute Gasteiger partial charge is 0.399 e. The lowest BCUT2D eigenvalue weighted by Gasteiger charge is -2.16. The Hall–Kier alpha value is -2.37. The molecule has 1 aromatic carbocycles. The summed E-state index contributed by atoms with van der Waals surface area (Å²) in [6.45, 7) is 1.61. The van der Waals surface area contributed by atoms with Crippen LogP contribution in [0.1, 0.15) is 12.0 Å². The molecule has 1 aromatic rings. The molecule has 1 aliphatic carbocycles. The van der Waals surface area contributed by atoms with Gasteiger partial charge in [0.1, 0.15) is 6.54 Å². The number of carbonyl (C=O) groups excluding carboxylic acids is 3. The summed E-state index contributed by atoms with van der Waals surface area (Å²) in [5.74, 6) is -1.16. The zero-order chi connectivity index (χ0) is 14.4. The zero-order valence-electron chi connectivity index (χ0n) is 11.1. The second-order valence-electron chi connectivity index (χ2n) is 5.33. The highest BCUT2D eigenvalue weighted by molar-refractivity contribution is 6.11. The second-order valence-corrected chi connectivity index (χ2v) is 5.33. The minimum absolute atomic E-state index is 0.173. The standard InChI is InChI=1S/C14H15N3O3/c1-7-4-8(15)2-3-11(7)16-12(18)6-17-13(19)9-5-10(9)14(17)20/h2-4,9-10H,5-6,15H2,1H3,(H,16,18). The molecule has 0 bridgehead atoms. The summed E-state index contributed by atoms with van der Waals surface area (Å²) in [6, 6.07) is 5.13. The smallest absolute Gasteiger partial charge is 0.244 e. The Balaban J connectivity index is 1.65. The van der Waals surface area contributed by atoms with Gasteiger partial charge in [-0.05, 0) is 37.1 Å². The molecule has 2 aliphatic rings. The number of fused-ring (bicyclic) bond motifs is 1. The molecule has 2 unspecified atom stereocenters. The van der Waals surface area contributed by atoms with E-state index in [0.717, 1.165) is 10.5 Å². The van der Waals surface area contributed by atoms with Gasteiger partial charge in [0, 0.05) is 11.4 Å². The number of imide groups is 1. The Bertz CT molecular complexity index is 606. The highest BCUT2D eigenvalue weighted by Crippen LogP contribution is 2.46. The average molecular weight is 273 g/mol. The van der Waals surface area contributed by atoms with Crippen molar-refractivity contribution in [2.24, 2.45) is 11.8 Å². The van der Waals surface area contributed by atoms with Crippen LogP contribution in [-0.4, -0.2) is 29.2 Å². The van der Waals surface area contributed by atoms with Gasteiger partial charge in [-0.15, -0.1) is 0 Å². The maximum Gasteiger partial charge on any atom is 0.244 e. The van der Waals surface area contributed by atoms with E-state index in [-0.39, 0.29) is 36.1 Å². The van der Waals surface area contributed by atoms with Gasteiger partial charge in [0.05, 0.1) is 11.8 Å².